The topological polar surface area (TPSA) is 311 Å². The van der Waals surface area contributed by atoms with E-state index in [-0.39, 0.29) is 28.6 Å². The highest BCUT2D eigenvalue weighted by Gasteiger charge is 2.11. The van der Waals surface area contributed by atoms with Gasteiger partial charge in [0, 0.05) is 50.8 Å². The van der Waals surface area contributed by atoms with Crippen LogP contribution in [0.2, 0.25) is 0 Å². The third kappa shape index (κ3) is 19.7. The number of aromatic carboxylic acids is 2. The van der Waals surface area contributed by atoms with Gasteiger partial charge in [0.25, 0.3) is 5.24 Å². The van der Waals surface area contributed by atoms with Crippen LogP contribution in [0.15, 0.2) is 225 Å². The molecule has 13 aromatic rings. The Morgan fingerprint density at radius 2 is 0.903 bits per heavy atom. The van der Waals surface area contributed by atoms with Gasteiger partial charge in [-0.15, -0.1) is 0 Å². The minimum atomic E-state index is -1.06. The molecular formula is C71H58ClN7O14. The van der Waals surface area contributed by atoms with Crippen molar-refractivity contribution in [1.82, 2.24) is 24.9 Å². The number of hydrogen-bond acceptors (Lipinski definition) is 18. The monoisotopic (exact) mass is 1270 g/mol. The fourth-order valence-corrected chi connectivity index (χ4v) is 8.48. The Balaban J connectivity index is 0.000000154. The lowest BCUT2D eigenvalue weighted by Gasteiger charge is -2.02. The Kier molecular flexibility index (Phi) is 24.6. The summed E-state index contributed by atoms with van der Waals surface area (Å²) < 4.78 is 26.0. The van der Waals surface area contributed by atoms with E-state index in [0.717, 1.165) is 71.1 Å². The molecule has 0 unspecified atom stereocenters. The first-order valence-electron chi connectivity index (χ1n) is 27.9. The number of carboxylic acid groups (broad SMARTS) is 2. The number of aromatic hydroxyl groups is 2. The van der Waals surface area contributed by atoms with Crippen molar-refractivity contribution in [3.05, 3.63) is 258 Å². The number of ether oxygens (including phenoxy) is 5. The van der Waals surface area contributed by atoms with Crippen LogP contribution in [0.5, 0.6) is 34.5 Å². The Labute approximate surface area is 536 Å². The smallest absolute Gasteiger partial charge is 0.356 e. The lowest BCUT2D eigenvalue weighted by Crippen LogP contribution is -2.25. The van der Waals surface area contributed by atoms with E-state index in [9.17, 15) is 29.5 Å². The summed E-state index contributed by atoms with van der Waals surface area (Å²) in [5.74, 6) is 0.969. The number of aromatic nitrogens is 6. The molecule has 468 valence electrons. The molecule has 6 aromatic heterocycles. The zero-order chi connectivity index (χ0) is 66.8. The van der Waals surface area contributed by atoms with Crippen LogP contribution in [0.1, 0.15) is 54.4 Å². The van der Waals surface area contributed by atoms with Gasteiger partial charge in [0.15, 0.2) is 6.20 Å². The molecule has 0 saturated heterocycles. The number of fused-ring (bicyclic) bond motifs is 6. The van der Waals surface area contributed by atoms with Gasteiger partial charge in [0.2, 0.25) is 5.52 Å². The lowest BCUT2D eigenvalue weighted by molar-refractivity contribution is -0.577. The van der Waals surface area contributed by atoms with Crippen LogP contribution >= 0.6 is 11.6 Å². The molecule has 21 nitrogen and oxygen atoms in total. The van der Waals surface area contributed by atoms with Gasteiger partial charge in [-0.1, -0.05) is 54.6 Å². The van der Waals surface area contributed by atoms with Crippen LogP contribution in [0.3, 0.4) is 0 Å². The largest absolute Gasteiger partial charge is 0.618 e. The number of esters is 1. The molecule has 0 spiro atoms. The second-order valence-corrected chi connectivity index (χ2v) is 19.4. The number of hydrogen-bond donors (Lipinski definition) is 4. The number of pyridine rings is 6. The van der Waals surface area contributed by atoms with Crippen molar-refractivity contribution in [2.45, 2.75) is 6.92 Å². The molecule has 0 aliphatic rings. The summed E-state index contributed by atoms with van der Waals surface area (Å²) in [4.78, 5) is 63.5. The number of carboxylic acids is 2. The quantitative estimate of drug-likeness (QED) is 0.0451. The number of nitriles is 1. The summed E-state index contributed by atoms with van der Waals surface area (Å²) in [5.41, 5.74) is 5.63. The standard InChI is InChI=1S/C12H11NO3.C11H8N2O.C11H9NO3.C10H7NO3.C10H9NO2.C10H9NO.C7H5ClO/c1-2-16-12(15)11-5-3-8-7-9(14)4-6-10(8)13-11;1-14-10-4-5-11-8(6-10)2-3-9(7-12)13-11;1-15-8-3-5-9-7(6-8)2-4-10(12-9)11(13)14;12-7-2-4-8-6(5-7)1-3-9(11-8)10(13)14;1-13-9-4-5-10-8(7-9)3-2-6-11(10)12;1-12-9-4-5-10-8(7-9)3-2-6-11-10;8-7(9)6-4-2-1-3-5-6/h3-7,14H,2H2,1H3;2-6H,1H3;2-6H,1H3,(H,13,14);1-5,12H,(H,13,14);2-7H,1H3;2-7H,1H3;1-5H. The highest BCUT2D eigenvalue weighted by molar-refractivity contribution is 6.67. The minimum absolute atomic E-state index is 0.00295. The fourth-order valence-electron chi connectivity index (χ4n) is 8.36. The second kappa shape index (κ2) is 33.7. The van der Waals surface area contributed by atoms with Crippen LogP contribution in [0.4, 0.5) is 0 Å². The number of methoxy groups -OCH3 is 4. The van der Waals surface area contributed by atoms with E-state index in [1.807, 2.05) is 84.9 Å². The van der Waals surface area contributed by atoms with Crippen molar-refractivity contribution >= 4 is 100 Å². The molecule has 0 saturated carbocycles. The van der Waals surface area contributed by atoms with E-state index in [2.05, 4.69) is 24.9 Å². The van der Waals surface area contributed by atoms with E-state index < -0.39 is 23.2 Å². The minimum Gasteiger partial charge on any atom is -0.618 e. The Hall–Kier alpha value is -12.5. The number of rotatable bonds is 9. The number of nitrogens with zero attached hydrogens (tertiary/aromatic N) is 7. The first-order chi connectivity index (χ1) is 44.9. The first kappa shape index (κ1) is 68.0. The Morgan fingerprint density at radius 1 is 0.484 bits per heavy atom. The summed E-state index contributed by atoms with van der Waals surface area (Å²) in [6.07, 6.45) is 3.27. The van der Waals surface area contributed by atoms with E-state index in [1.165, 1.54) is 36.5 Å². The van der Waals surface area contributed by atoms with E-state index in [1.54, 1.807) is 145 Å². The van der Waals surface area contributed by atoms with Gasteiger partial charge >= 0.3 is 17.9 Å². The van der Waals surface area contributed by atoms with Gasteiger partial charge in [-0.2, -0.15) is 9.99 Å². The predicted octanol–water partition coefficient (Wildman–Crippen LogP) is 13.6. The number of carbonyl (C=O) groups is 4. The predicted molar refractivity (Wildman–Crippen MR) is 352 cm³/mol. The SMILES string of the molecule is CCOC(=O)c1ccc2cc(O)ccc2n1.COc1ccc2c(ccc[n+]2[O-])c1.COc1ccc2nc(C#N)ccc2c1.COc1ccc2nc(C(=O)O)ccc2c1.COc1ccc2ncccc2c1.O=C(Cl)c1ccccc1.O=C(O)c1ccc2cc(O)ccc2n1. The molecule has 4 N–H and O–H groups in total. The zero-order valence-corrected chi connectivity index (χ0v) is 51.2. The molecule has 93 heavy (non-hydrogen) atoms. The Bertz CT molecular complexity index is 4810. The summed E-state index contributed by atoms with van der Waals surface area (Å²) in [6.45, 7) is 2.07. The van der Waals surface area contributed by atoms with Crippen molar-refractivity contribution in [3.63, 3.8) is 0 Å². The normalized spacial score (nSPS) is 10.0. The average molecular weight is 1270 g/mol. The van der Waals surface area contributed by atoms with Crippen molar-refractivity contribution in [2.75, 3.05) is 35.0 Å². The first-order valence-corrected chi connectivity index (χ1v) is 28.2. The van der Waals surface area contributed by atoms with Crippen LogP contribution in [-0.4, -0.2) is 104 Å². The van der Waals surface area contributed by atoms with Gasteiger partial charge < -0.3 is 49.3 Å². The number of benzene rings is 7. The molecule has 0 aliphatic carbocycles. The molecule has 22 heteroatoms. The van der Waals surface area contributed by atoms with Gasteiger partial charge in [-0.25, -0.2) is 34.3 Å². The lowest BCUT2D eigenvalue weighted by atomic mass is 10.2. The van der Waals surface area contributed by atoms with E-state index in [4.69, 9.17) is 55.9 Å². The Morgan fingerprint density at radius 3 is 1.38 bits per heavy atom. The van der Waals surface area contributed by atoms with Crippen LogP contribution in [0.25, 0.3) is 65.4 Å². The molecule has 6 heterocycles. The number of phenolic OH excluding ortho intramolecular Hbond substituents is 2. The van der Waals surface area contributed by atoms with Gasteiger partial charge in [0.05, 0.1) is 68.0 Å². The van der Waals surface area contributed by atoms with Crippen LogP contribution in [-0.2, 0) is 4.74 Å². The maximum Gasteiger partial charge on any atom is 0.356 e. The third-order valence-electron chi connectivity index (χ3n) is 13.0. The highest BCUT2D eigenvalue weighted by atomic mass is 35.5. The van der Waals surface area contributed by atoms with Crippen molar-refractivity contribution < 1.29 is 68.0 Å². The van der Waals surface area contributed by atoms with Crippen molar-refractivity contribution in [1.29, 1.82) is 5.26 Å². The highest BCUT2D eigenvalue weighted by Crippen LogP contribution is 2.24. The molecule has 0 amide bonds. The molecule has 0 aliphatic heterocycles. The van der Waals surface area contributed by atoms with Gasteiger partial charge in [0.1, 0.15) is 63.3 Å². The van der Waals surface area contributed by atoms with Crippen molar-refractivity contribution in [2.24, 2.45) is 0 Å². The fraction of sp³-hybridized carbons (Fsp3) is 0.0845. The van der Waals surface area contributed by atoms with Crippen molar-refractivity contribution in [3.8, 4) is 40.6 Å². The van der Waals surface area contributed by atoms with Gasteiger partial charge in [-0.05, 0) is 164 Å². The molecule has 0 fully saturated rings. The van der Waals surface area contributed by atoms with E-state index in [0.29, 0.717) is 39.9 Å². The summed E-state index contributed by atoms with van der Waals surface area (Å²) in [6, 6.07) is 62.8. The number of halogens is 1. The molecule has 0 radical (unpaired) electrons. The summed E-state index contributed by atoms with van der Waals surface area (Å²) in [5, 5.41) is 60.7. The molecule has 7 aromatic carbocycles. The summed E-state index contributed by atoms with van der Waals surface area (Å²) in [7, 11) is 6.48. The molecule has 0 atom stereocenters. The molecular weight excluding hydrogens is 1210 g/mol. The maximum absolute atomic E-state index is 11.4. The summed E-state index contributed by atoms with van der Waals surface area (Å²) >= 11 is 5.16. The molecule has 0 bridgehead atoms. The average Bonchev–Trinajstić information content (AvgIpc) is 1.44. The van der Waals surface area contributed by atoms with Gasteiger partial charge in [-0.3, -0.25) is 9.78 Å². The molecule has 13 rings (SSSR count). The second-order valence-electron chi connectivity index (χ2n) is 19.1. The number of phenols is 2. The van der Waals surface area contributed by atoms with Crippen LogP contribution < -0.4 is 23.7 Å². The third-order valence-corrected chi connectivity index (χ3v) is 13.2. The zero-order valence-electron chi connectivity index (χ0n) is 50.4. The van der Waals surface area contributed by atoms with Crippen LogP contribution in [0, 0.1) is 16.5 Å². The number of carbonyl (C=O) groups excluding carboxylic acids is 2. The maximum atomic E-state index is 11.4. The van der Waals surface area contributed by atoms with E-state index >= 15 is 0 Å².